The quantitative estimate of drug-likeness (QED) is 0.899. The Morgan fingerprint density at radius 1 is 1.12 bits per heavy atom. The Balaban J connectivity index is 1.63. The SMILES string of the molecule is CCc1ccccc1NC(=O)NC(C)C(=O)N1CCc2ccccc21. The lowest BCUT2D eigenvalue weighted by Crippen LogP contribution is -2.47. The molecule has 1 atom stereocenters. The molecule has 2 aromatic carbocycles. The zero-order valence-corrected chi connectivity index (χ0v) is 14.6. The van der Waals surface area contributed by atoms with E-state index in [9.17, 15) is 9.59 Å². The molecular weight excluding hydrogens is 314 g/mol. The van der Waals surface area contributed by atoms with E-state index in [2.05, 4.69) is 10.6 Å². The van der Waals surface area contributed by atoms with Gasteiger partial charge in [0.05, 0.1) is 0 Å². The van der Waals surface area contributed by atoms with Crippen LogP contribution in [0.15, 0.2) is 48.5 Å². The number of hydrogen-bond acceptors (Lipinski definition) is 2. The predicted octanol–water partition coefficient (Wildman–Crippen LogP) is 3.35. The molecule has 0 aliphatic carbocycles. The van der Waals surface area contributed by atoms with Gasteiger partial charge in [0.1, 0.15) is 6.04 Å². The molecule has 0 spiro atoms. The fraction of sp³-hybridized carbons (Fsp3) is 0.300. The Morgan fingerprint density at radius 3 is 2.64 bits per heavy atom. The second-order valence-corrected chi connectivity index (χ2v) is 6.20. The van der Waals surface area contributed by atoms with Crippen molar-refractivity contribution in [1.82, 2.24) is 5.32 Å². The van der Waals surface area contributed by atoms with Crippen LogP contribution >= 0.6 is 0 Å². The van der Waals surface area contributed by atoms with E-state index >= 15 is 0 Å². The molecule has 0 fully saturated rings. The molecule has 2 N–H and O–H groups in total. The first kappa shape index (κ1) is 17.0. The number of nitrogens with one attached hydrogen (secondary N) is 2. The smallest absolute Gasteiger partial charge is 0.319 e. The second kappa shape index (κ2) is 7.38. The van der Waals surface area contributed by atoms with Gasteiger partial charge in [-0.1, -0.05) is 43.3 Å². The molecule has 25 heavy (non-hydrogen) atoms. The third-order valence-electron chi connectivity index (χ3n) is 4.52. The van der Waals surface area contributed by atoms with Gasteiger partial charge in [0.2, 0.25) is 5.91 Å². The van der Waals surface area contributed by atoms with Gasteiger partial charge in [-0.2, -0.15) is 0 Å². The normalized spacial score (nSPS) is 13.9. The van der Waals surface area contributed by atoms with Crippen LogP contribution in [0.3, 0.4) is 0 Å². The lowest BCUT2D eigenvalue weighted by atomic mass is 10.1. The molecule has 0 bridgehead atoms. The van der Waals surface area contributed by atoms with Gasteiger partial charge in [-0.25, -0.2) is 4.79 Å². The summed E-state index contributed by atoms with van der Waals surface area (Å²) in [4.78, 5) is 26.7. The third-order valence-corrected chi connectivity index (χ3v) is 4.52. The van der Waals surface area contributed by atoms with E-state index in [1.165, 1.54) is 5.56 Å². The van der Waals surface area contributed by atoms with Crippen LogP contribution in [0, 0.1) is 0 Å². The van der Waals surface area contributed by atoms with Crippen molar-refractivity contribution < 1.29 is 9.59 Å². The van der Waals surface area contributed by atoms with Crippen molar-refractivity contribution in [3.05, 3.63) is 59.7 Å². The number of hydrogen-bond donors (Lipinski definition) is 2. The van der Waals surface area contributed by atoms with E-state index in [0.717, 1.165) is 29.8 Å². The highest BCUT2D eigenvalue weighted by Crippen LogP contribution is 2.27. The first-order chi connectivity index (χ1) is 12.1. The van der Waals surface area contributed by atoms with Crippen molar-refractivity contribution in [2.24, 2.45) is 0 Å². The van der Waals surface area contributed by atoms with Gasteiger partial charge in [0.15, 0.2) is 0 Å². The Labute approximate surface area is 148 Å². The van der Waals surface area contributed by atoms with Crippen molar-refractivity contribution in [1.29, 1.82) is 0 Å². The number of para-hydroxylation sites is 2. The molecule has 0 radical (unpaired) electrons. The van der Waals surface area contributed by atoms with Crippen LogP contribution in [0.1, 0.15) is 25.0 Å². The number of carbonyl (C=O) groups excluding carboxylic acids is 2. The van der Waals surface area contributed by atoms with Gasteiger partial charge in [-0.3, -0.25) is 4.79 Å². The average Bonchev–Trinajstić information content (AvgIpc) is 3.05. The van der Waals surface area contributed by atoms with Crippen LogP contribution in [0.5, 0.6) is 0 Å². The van der Waals surface area contributed by atoms with E-state index in [-0.39, 0.29) is 11.9 Å². The molecule has 130 valence electrons. The maximum atomic E-state index is 12.7. The highest BCUT2D eigenvalue weighted by atomic mass is 16.2. The predicted molar refractivity (Wildman–Crippen MR) is 99.9 cm³/mol. The fourth-order valence-electron chi connectivity index (χ4n) is 3.17. The zero-order chi connectivity index (χ0) is 17.8. The Bertz CT molecular complexity index is 788. The minimum absolute atomic E-state index is 0.0936. The molecule has 3 rings (SSSR count). The maximum Gasteiger partial charge on any atom is 0.319 e. The van der Waals surface area contributed by atoms with Gasteiger partial charge in [-0.15, -0.1) is 0 Å². The largest absolute Gasteiger partial charge is 0.326 e. The number of fused-ring (bicyclic) bond motifs is 1. The van der Waals surface area contributed by atoms with E-state index in [0.29, 0.717) is 6.54 Å². The Hall–Kier alpha value is -2.82. The van der Waals surface area contributed by atoms with E-state index < -0.39 is 6.04 Å². The summed E-state index contributed by atoms with van der Waals surface area (Å²) in [6.45, 7) is 4.41. The van der Waals surface area contributed by atoms with E-state index in [1.54, 1.807) is 11.8 Å². The number of benzene rings is 2. The number of nitrogens with zero attached hydrogens (tertiary/aromatic N) is 1. The molecule has 2 aromatic rings. The van der Waals surface area contributed by atoms with Crippen LogP contribution < -0.4 is 15.5 Å². The molecule has 5 nitrogen and oxygen atoms in total. The summed E-state index contributed by atoms with van der Waals surface area (Å²) in [5.41, 5.74) is 3.95. The summed E-state index contributed by atoms with van der Waals surface area (Å²) < 4.78 is 0. The molecule has 0 saturated carbocycles. The number of aryl methyl sites for hydroxylation is 1. The van der Waals surface area contributed by atoms with Crippen molar-refractivity contribution in [2.45, 2.75) is 32.7 Å². The number of anilines is 2. The number of rotatable bonds is 4. The molecule has 1 unspecified atom stereocenters. The molecule has 1 heterocycles. The van der Waals surface area contributed by atoms with Gasteiger partial charge in [0, 0.05) is 17.9 Å². The molecule has 0 saturated heterocycles. The molecule has 3 amide bonds. The first-order valence-corrected chi connectivity index (χ1v) is 8.65. The molecular formula is C20H23N3O2. The zero-order valence-electron chi connectivity index (χ0n) is 14.6. The van der Waals surface area contributed by atoms with Gasteiger partial charge in [0.25, 0.3) is 0 Å². The Kier molecular flexibility index (Phi) is 5.03. The van der Waals surface area contributed by atoms with Crippen LogP contribution in [-0.2, 0) is 17.6 Å². The number of amides is 3. The average molecular weight is 337 g/mol. The number of urea groups is 1. The summed E-state index contributed by atoms with van der Waals surface area (Å²) in [5.74, 6) is -0.0936. The fourth-order valence-corrected chi connectivity index (χ4v) is 3.17. The van der Waals surface area contributed by atoms with Crippen LogP contribution in [-0.4, -0.2) is 24.5 Å². The molecule has 0 aromatic heterocycles. The minimum atomic E-state index is -0.597. The summed E-state index contributed by atoms with van der Waals surface area (Å²) in [6, 6.07) is 14.6. The summed E-state index contributed by atoms with van der Waals surface area (Å²) in [7, 11) is 0. The van der Waals surface area contributed by atoms with Crippen LogP contribution in [0.4, 0.5) is 16.2 Å². The summed E-state index contributed by atoms with van der Waals surface area (Å²) in [5, 5.41) is 5.58. The van der Waals surface area contributed by atoms with Gasteiger partial charge >= 0.3 is 6.03 Å². The lowest BCUT2D eigenvalue weighted by Gasteiger charge is -2.22. The van der Waals surface area contributed by atoms with Crippen molar-refractivity contribution in [3.63, 3.8) is 0 Å². The number of carbonyl (C=O) groups is 2. The molecule has 1 aliphatic heterocycles. The van der Waals surface area contributed by atoms with Crippen molar-refractivity contribution in [3.8, 4) is 0 Å². The third kappa shape index (κ3) is 3.65. The van der Waals surface area contributed by atoms with Gasteiger partial charge < -0.3 is 15.5 Å². The first-order valence-electron chi connectivity index (χ1n) is 8.65. The molecule has 5 heteroatoms. The molecule has 1 aliphatic rings. The van der Waals surface area contributed by atoms with Crippen LogP contribution in [0.2, 0.25) is 0 Å². The second-order valence-electron chi connectivity index (χ2n) is 6.20. The maximum absolute atomic E-state index is 12.7. The summed E-state index contributed by atoms with van der Waals surface area (Å²) >= 11 is 0. The lowest BCUT2D eigenvalue weighted by molar-refractivity contribution is -0.119. The highest BCUT2D eigenvalue weighted by molar-refractivity contribution is 6.01. The van der Waals surface area contributed by atoms with E-state index in [1.807, 2.05) is 55.5 Å². The van der Waals surface area contributed by atoms with E-state index in [4.69, 9.17) is 0 Å². The minimum Gasteiger partial charge on any atom is -0.326 e. The van der Waals surface area contributed by atoms with Crippen molar-refractivity contribution in [2.75, 3.05) is 16.8 Å². The summed E-state index contributed by atoms with van der Waals surface area (Å²) in [6.07, 6.45) is 1.68. The highest BCUT2D eigenvalue weighted by Gasteiger charge is 2.28. The topological polar surface area (TPSA) is 61.4 Å². The van der Waals surface area contributed by atoms with Crippen molar-refractivity contribution >= 4 is 23.3 Å². The van der Waals surface area contributed by atoms with Crippen LogP contribution in [0.25, 0.3) is 0 Å². The standard InChI is InChI=1S/C20H23N3O2/c1-3-15-8-4-6-10-17(15)22-20(25)21-14(2)19(24)23-13-12-16-9-5-7-11-18(16)23/h4-11,14H,3,12-13H2,1-2H3,(H2,21,22,25). The Morgan fingerprint density at radius 2 is 1.84 bits per heavy atom. The monoisotopic (exact) mass is 337 g/mol. The van der Waals surface area contributed by atoms with Gasteiger partial charge in [-0.05, 0) is 43.0 Å².